The fraction of sp³-hybridized carbons (Fsp3) is 0.273. The third-order valence-electron chi connectivity index (χ3n) is 7.08. The van der Waals surface area contributed by atoms with E-state index in [0.717, 1.165) is 22.0 Å². The zero-order chi connectivity index (χ0) is 30.8. The van der Waals surface area contributed by atoms with Crippen molar-refractivity contribution in [3.8, 4) is 0 Å². The van der Waals surface area contributed by atoms with Crippen molar-refractivity contribution in [2.24, 2.45) is 7.05 Å². The van der Waals surface area contributed by atoms with Crippen LogP contribution >= 0.6 is 0 Å². The van der Waals surface area contributed by atoms with Crippen LogP contribution in [0.25, 0.3) is 10.9 Å². The molecule has 0 unspecified atom stereocenters. The first-order chi connectivity index (χ1) is 20.7. The van der Waals surface area contributed by atoms with Crippen molar-refractivity contribution in [3.05, 3.63) is 101 Å². The lowest BCUT2D eigenvalue weighted by atomic mass is 10.1. The number of aromatic nitrogens is 1. The number of hydrogen-bond acceptors (Lipinski definition) is 5. The van der Waals surface area contributed by atoms with Crippen molar-refractivity contribution in [2.75, 3.05) is 11.9 Å². The van der Waals surface area contributed by atoms with Crippen molar-refractivity contribution >= 4 is 40.5 Å². The van der Waals surface area contributed by atoms with Crippen LogP contribution in [0.4, 0.5) is 10.5 Å². The average Bonchev–Trinajstić information content (AvgIpc) is 3.33. The van der Waals surface area contributed by atoms with Crippen molar-refractivity contribution in [2.45, 2.75) is 45.3 Å². The highest BCUT2D eigenvalue weighted by molar-refractivity contribution is 6.03. The summed E-state index contributed by atoms with van der Waals surface area (Å²) in [6, 6.07) is 23.1. The van der Waals surface area contributed by atoms with E-state index in [2.05, 4.69) is 16.0 Å². The molecule has 0 aliphatic rings. The molecule has 0 spiro atoms. The molecule has 224 valence electrons. The topological polar surface area (TPSA) is 139 Å². The molecule has 3 aromatic carbocycles. The summed E-state index contributed by atoms with van der Waals surface area (Å²) in [5.41, 5.74) is 4.39. The molecule has 0 saturated carbocycles. The van der Waals surface area contributed by atoms with Crippen LogP contribution in [-0.4, -0.2) is 46.1 Å². The summed E-state index contributed by atoms with van der Waals surface area (Å²) < 4.78 is 7.06. The average molecular weight is 585 g/mol. The van der Waals surface area contributed by atoms with Crippen molar-refractivity contribution in [1.29, 1.82) is 0 Å². The molecule has 43 heavy (non-hydrogen) atoms. The van der Waals surface area contributed by atoms with Crippen molar-refractivity contribution < 1.29 is 29.0 Å². The zero-order valence-corrected chi connectivity index (χ0v) is 24.3. The van der Waals surface area contributed by atoms with Gasteiger partial charge in [-0.2, -0.15) is 0 Å². The van der Waals surface area contributed by atoms with Gasteiger partial charge in [0.25, 0.3) is 5.91 Å². The maximum atomic E-state index is 13.5. The number of carboxylic acid groups (broad SMARTS) is 1. The van der Waals surface area contributed by atoms with Gasteiger partial charge < -0.3 is 30.4 Å². The van der Waals surface area contributed by atoms with E-state index in [-0.39, 0.29) is 32.4 Å². The second-order valence-corrected chi connectivity index (χ2v) is 10.3. The van der Waals surface area contributed by atoms with E-state index < -0.39 is 29.9 Å². The highest BCUT2D eigenvalue weighted by Gasteiger charge is 2.24. The van der Waals surface area contributed by atoms with Crippen LogP contribution < -0.4 is 16.0 Å². The number of rotatable bonds is 13. The normalized spacial score (nSPS) is 11.5. The molecule has 0 fully saturated rings. The van der Waals surface area contributed by atoms with Gasteiger partial charge in [-0.1, -0.05) is 66.2 Å². The van der Waals surface area contributed by atoms with E-state index in [1.54, 1.807) is 41.9 Å². The molecule has 10 heteroatoms. The summed E-state index contributed by atoms with van der Waals surface area (Å²) in [5.74, 6) is -1.80. The van der Waals surface area contributed by atoms with Crippen LogP contribution in [0, 0.1) is 6.92 Å². The van der Waals surface area contributed by atoms with Gasteiger partial charge in [0.15, 0.2) is 0 Å². The predicted octanol–water partition coefficient (Wildman–Crippen LogP) is 4.95. The Morgan fingerprint density at radius 2 is 1.72 bits per heavy atom. The molecule has 4 aromatic rings. The molecule has 1 atom stereocenters. The maximum absolute atomic E-state index is 13.5. The van der Waals surface area contributed by atoms with E-state index in [0.29, 0.717) is 23.4 Å². The number of fused-ring (bicyclic) bond motifs is 1. The Kier molecular flexibility index (Phi) is 10.5. The third-order valence-corrected chi connectivity index (χ3v) is 7.08. The van der Waals surface area contributed by atoms with Crippen LogP contribution in [0.1, 0.15) is 46.4 Å². The van der Waals surface area contributed by atoms with Gasteiger partial charge in [0, 0.05) is 36.6 Å². The lowest BCUT2D eigenvalue weighted by molar-refractivity contribution is -0.137. The number of para-hydroxylation sites is 2. The molecular weight excluding hydrogens is 548 g/mol. The number of carbonyl (C=O) groups is 4. The van der Waals surface area contributed by atoms with Gasteiger partial charge in [-0.05, 0) is 55.5 Å². The minimum absolute atomic E-state index is 0.0836. The van der Waals surface area contributed by atoms with E-state index in [9.17, 15) is 19.2 Å². The number of carboxylic acids is 1. The lowest BCUT2D eigenvalue weighted by Gasteiger charge is -2.20. The molecule has 1 aromatic heterocycles. The zero-order valence-electron chi connectivity index (χ0n) is 24.3. The number of amides is 3. The Hall–Kier alpha value is -5.12. The lowest BCUT2D eigenvalue weighted by Crippen LogP contribution is -2.44. The SMILES string of the molecule is Cc1cccc(COC(=O)NCCC[C@H](NC(=O)c2cc3ccccc3n2C)C(=O)Nc2ccccc2CCC(=O)O)c1. The smallest absolute Gasteiger partial charge is 0.407 e. The fourth-order valence-electron chi connectivity index (χ4n) is 4.83. The minimum atomic E-state index is -0.939. The maximum Gasteiger partial charge on any atom is 0.407 e. The van der Waals surface area contributed by atoms with Gasteiger partial charge >= 0.3 is 12.1 Å². The molecule has 3 amide bonds. The van der Waals surface area contributed by atoms with Crippen molar-refractivity contribution in [3.63, 3.8) is 0 Å². The van der Waals surface area contributed by atoms with E-state index >= 15 is 0 Å². The Bertz CT molecular complexity index is 1610. The third kappa shape index (κ3) is 8.68. The molecule has 4 rings (SSSR count). The Morgan fingerprint density at radius 1 is 0.953 bits per heavy atom. The Labute approximate surface area is 250 Å². The Morgan fingerprint density at radius 3 is 2.49 bits per heavy atom. The van der Waals surface area contributed by atoms with Crippen LogP contribution in [0.15, 0.2) is 78.9 Å². The number of aliphatic carboxylic acids is 1. The monoisotopic (exact) mass is 584 g/mol. The molecule has 0 radical (unpaired) electrons. The molecule has 0 aliphatic carbocycles. The first-order valence-corrected chi connectivity index (χ1v) is 14.1. The fourth-order valence-corrected chi connectivity index (χ4v) is 4.83. The molecule has 0 saturated heterocycles. The summed E-state index contributed by atoms with van der Waals surface area (Å²) in [6.45, 7) is 2.33. The van der Waals surface area contributed by atoms with Gasteiger partial charge in [-0.3, -0.25) is 14.4 Å². The van der Waals surface area contributed by atoms with Gasteiger partial charge in [-0.15, -0.1) is 0 Å². The highest BCUT2D eigenvalue weighted by Crippen LogP contribution is 2.20. The number of nitrogens with zero attached hydrogens (tertiary/aromatic N) is 1. The van der Waals surface area contributed by atoms with Crippen LogP contribution in [0.3, 0.4) is 0 Å². The summed E-state index contributed by atoms with van der Waals surface area (Å²) in [5, 5.41) is 18.4. The number of anilines is 1. The van der Waals surface area contributed by atoms with E-state index in [1.165, 1.54) is 0 Å². The van der Waals surface area contributed by atoms with Crippen LogP contribution in [0.2, 0.25) is 0 Å². The summed E-state index contributed by atoms with van der Waals surface area (Å²) >= 11 is 0. The Balaban J connectivity index is 1.41. The van der Waals surface area contributed by atoms with Crippen molar-refractivity contribution in [1.82, 2.24) is 15.2 Å². The van der Waals surface area contributed by atoms with Gasteiger partial charge in [0.05, 0.1) is 0 Å². The van der Waals surface area contributed by atoms with E-state index in [4.69, 9.17) is 9.84 Å². The van der Waals surface area contributed by atoms with Crippen LogP contribution in [-0.2, 0) is 34.4 Å². The van der Waals surface area contributed by atoms with Gasteiger partial charge in [0.2, 0.25) is 5.91 Å². The first kappa shape index (κ1) is 30.8. The largest absolute Gasteiger partial charge is 0.481 e. The first-order valence-electron chi connectivity index (χ1n) is 14.1. The number of alkyl carbamates (subject to hydrolysis) is 1. The molecular formula is C33H36N4O6. The molecule has 1 heterocycles. The molecule has 0 aliphatic heterocycles. The summed E-state index contributed by atoms with van der Waals surface area (Å²) in [4.78, 5) is 50.2. The van der Waals surface area contributed by atoms with Crippen LogP contribution in [0.5, 0.6) is 0 Å². The standard InChI is InChI=1S/C33H36N4O6/c1-22-9-7-10-23(19-22)21-43-33(42)34-18-8-14-27(31(40)35-26-13-5-3-11-24(26)16-17-30(38)39)36-32(41)29-20-25-12-4-6-15-28(25)37(29)2/h3-7,9-13,15,19-20,27H,8,14,16-18,21H2,1-2H3,(H,34,42)(H,35,40)(H,36,41)(H,38,39)/t27-/m0/s1. The molecule has 4 N–H and O–H groups in total. The number of aryl methyl sites for hydroxylation is 3. The number of nitrogens with one attached hydrogen (secondary N) is 3. The quantitative estimate of drug-likeness (QED) is 0.164. The number of carbonyl (C=O) groups excluding carboxylic acids is 3. The number of ether oxygens (including phenoxy) is 1. The van der Waals surface area contributed by atoms with E-state index in [1.807, 2.05) is 55.5 Å². The molecule has 0 bridgehead atoms. The molecule has 10 nitrogen and oxygen atoms in total. The van der Waals surface area contributed by atoms with Gasteiger partial charge in [-0.25, -0.2) is 4.79 Å². The second kappa shape index (κ2) is 14.7. The minimum Gasteiger partial charge on any atom is -0.481 e. The number of benzene rings is 3. The summed E-state index contributed by atoms with van der Waals surface area (Å²) in [7, 11) is 1.79. The highest BCUT2D eigenvalue weighted by atomic mass is 16.5. The predicted molar refractivity (Wildman–Crippen MR) is 164 cm³/mol. The van der Waals surface area contributed by atoms with Gasteiger partial charge in [0.1, 0.15) is 18.3 Å². The summed E-state index contributed by atoms with van der Waals surface area (Å²) in [6.07, 6.45) is 0.201. The second-order valence-electron chi connectivity index (χ2n) is 10.3. The number of hydrogen-bond donors (Lipinski definition) is 4.